The highest BCUT2D eigenvalue weighted by molar-refractivity contribution is 9.10. The maximum atomic E-state index is 13.1. The summed E-state index contributed by atoms with van der Waals surface area (Å²) in [6.45, 7) is 2.23. The fraction of sp³-hybridized carbons (Fsp3) is 0.143. The highest BCUT2D eigenvalue weighted by atomic mass is 79.9. The van der Waals surface area contributed by atoms with Crippen molar-refractivity contribution in [3.63, 3.8) is 0 Å². The standard InChI is InChI=1S/C14H12BrClFNO/c1-8-3-2-4-9(14(8)19)7-18-13-11(15)5-10(17)6-12(13)16/h2-6,18-19H,7H2,1H3. The van der Waals surface area contributed by atoms with Gasteiger partial charge in [0.15, 0.2) is 0 Å². The van der Waals surface area contributed by atoms with E-state index in [-0.39, 0.29) is 5.75 Å². The Kier molecular flexibility index (Phi) is 4.32. The normalized spacial score (nSPS) is 10.5. The Morgan fingerprint density at radius 2 is 2.11 bits per heavy atom. The molecular formula is C14H12BrClFNO. The smallest absolute Gasteiger partial charge is 0.125 e. The van der Waals surface area contributed by atoms with Gasteiger partial charge in [-0.1, -0.05) is 29.8 Å². The van der Waals surface area contributed by atoms with E-state index in [4.69, 9.17) is 11.6 Å². The van der Waals surface area contributed by atoms with E-state index < -0.39 is 5.82 Å². The Morgan fingerprint density at radius 3 is 2.79 bits per heavy atom. The van der Waals surface area contributed by atoms with Crippen LogP contribution in [0.2, 0.25) is 5.02 Å². The van der Waals surface area contributed by atoms with Crippen molar-refractivity contribution >= 4 is 33.2 Å². The van der Waals surface area contributed by atoms with Crippen molar-refractivity contribution in [2.75, 3.05) is 5.32 Å². The van der Waals surface area contributed by atoms with Crippen molar-refractivity contribution in [2.45, 2.75) is 13.5 Å². The first kappa shape index (κ1) is 14.2. The number of phenolic OH excluding ortho intramolecular Hbond substituents is 1. The van der Waals surface area contributed by atoms with E-state index in [1.54, 1.807) is 0 Å². The van der Waals surface area contributed by atoms with Gasteiger partial charge in [-0.05, 0) is 40.5 Å². The molecule has 0 aliphatic carbocycles. The Morgan fingerprint density at radius 1 is 1.37 bits per heavy atom. The molecule has 0 saturated heterocycles. The summed E-state index contributed by atoms with van der Waals surface area (Å²) in [6, 6.07) is 8.10. The van der Waals surface area contributed by atoms with Crippen LogP contribution in [0.3, 0.4) is 0 Å². The number of halogens is 3. The molecule has 0 aliphatic heterocycles. The molecule has 19 heavy (non-hydrogen) atoms. The van der Waals surface area contributed by atoms with E-state index in [2.05, 4.69) is 21.2 Å². The van der Waals surface area contributed by atoms with Crippen LogP contribution in [-0.4, -0.2) is 5.11 Å². The lowest BCUT2D eigenvalue weighted by Crippen LogP contribution is -2.02. The largest absolute Gasteiger partial charge is 0.507 e. The van der Waals surface area contributed by atoms with Crippen molar-refractivity contribution in [1.82, 2.24) is 0 Å². The van der Waals surface area contributed by atoms with Gasteiger partial charge in [0.2, 0.25) is 0 Å². The van der Waals surface area contributed by atoms with Gasteiger partial charge in [0.25, 0.3) is 0 Å². The van der Waals surface area contributed by atoms with Crippen molar-refractivity contribution in [3.8, 4) is 5.75 Å². The van der Waals surface area contributed by atoms with Crippen LogP contribution in [0.1, 0.15) is 11.1 Å². The van der Waals surface area contributed by atoms with Crippen molar-refractivity contribution in [2.24, 2.45) is 0 Å². The third-order valence-electron chi connectivity index (χ3n) is 2.78. The molecule has 5 heteroatoms. The predicted molar refractivity (Wildman–Crippen MR) is 79.3 cm³/mol. The summed E-state index contributed by atoms with van der Waals surface area (Å²) in [7, 11) is 0. The van der Waals surface area contributed by atoms with Crippen LogP contribution in [0.15, 0.2) is 34.8 Å². The average molecular weight is 345 g/mol. The maximum absolute atomic E-state index is 13.1. The van der Waals surface area contributed by atoms with Gasteiger partial charge >= 0.3 is 0 Å². The summed E-state index contributed by atoms with van der Waals surface area (Å²) in [5.41, 5.74) is 2.17. The SMILES string of the molecule is Cc1cccc(CNc2c(Cl)cc(F)cc2Br)c1O. The first-order valence-electron chi connectivity index (χ1n) is 5.65. The van der Waals surface area contributed by atoms with Crippen LogP contribution in [0.25, 0.3) is 0 Å². The quantitative estimate of drug-likeness (QED) is 0.833. The van der Waals surface area contributed by atoms with Crippen LogP contribution < -0.4 is 5.32 Å². The molecule has 0 fully saturated rings. The fourth-order valence-corrected chi connectivity index (χ4v) is 2.72. The average Bonchev–Trinajstić information content (AvgIpc) is 2.33. The number of nitrogens with one attached hydrogen (secondary N) is 1. The van der Waals surface area contributed by atoms with Crippen molar-refractivity contribution in [1.29, 1.82) is 0 Å². The molecule has 0 aromatic heterocycles. The van der Waals surface area contributed by atoms with Gasteiger partial charge in [-0.15, -0.1) is 0 Å². The molecule has 0 saturated carbocycles. The highest BCUT2D eigenvalue weighted by Gasteiger charge is 2.09. The Hall–Kier alpha value is -1.26. The monoisotopic (exact) mass is 343 g/mol. The van der Waals surface area contributed by atoms with Gasteiger partial charge in [0.1, 0.15) is 11.6 Å². The minimum Gasteiger partial charge on any atom is -0.507 e. The number of aromatic hydroxyl groups is 1. The molecule has 0 aliphatic rings. The van der Waals surface area contributed by atoms with Crippen LogP contribution in [0.4, 0.5) is 10.1 Å². The molecule has 0 amide bonds. The second kappa shape index (κ2) is 5.80. The Bertz CT molecular complexity index is 595. The first-order valence-corrected chi connectivity index (χ1v) is 6.82. The van der Waals surface area contributed by atoms with Crippen LogP contribution in [0, 0.1) is 12.7 Å². The summed E-state index contributed by atoms with van der Waals surface area (Å²) in [5, 5.41) is 13.3. The lowest BCUT2D eigenvalue weighted by molar-refractivity contribution is 0.465. The number of phenols is 1. The molecule has 0 bridgehead atoms. The maximum Gasteiger partial charge on any atom is 0.125 e. The van der Waals surface area contributed by atoms with Gasteiger partial charge in [0, 0.05) is 16.6 Å². The molecule has 0 unspecified atom stereocenters. The summed E-state index contributed by atoms with van der Waals surface area (Å²) in [5.74, 6) is -0.148. The molecule has 100 valence electrons. The van der Waals surface area contributed by atoms with Gasteiger partial charge < -0.3 is 10.4 Å². The molecule has 2 aromatic carbocycles. The van der Waals surface area contributed by atoms with E-state index >= 15 is 0 Å². The van der Waals surface area contributed by atoms with E-state index in [9.17, 15) is 9.50 Å². The summed E-state index contributed by atoms with van der Waals surface area (Å²) < 4.78 is 13.7. The molecule has 0 radical (unpaired) electrons. The number of hydrogen-bond donors (Lipinski definition) is 2. The summed E-state index contributed by atoms with van der Waals surface area (Å²) in [6.07, 6.45) is 0. The molecular weight excluding hydrogens is 333 g/mol. The number of benzene rings is 2. The third kappa shape index (κ3) is 3.19. The zero-order valence-corrected chi connectivity index (χ0v) is 12.5. The van der Waals surface area contributed by atoms with Crippen LogP contribution >= 0.6 is 27.5 Å². The Labute approximate surface area is 124 Å². The molecule has 0 spiro atoms. The topological polar surface area (TPSA) is 32.3 Å². The fourth-order valence-electron chi connectivity index (χ4n) is 1.76. The van der Waals surface area contributed by atoms with Gasteiger partial charge in [-0.3, -0.25) is 0 Å². The highest BCUT2D eigenvalue weighted by Crippen LogP contribution is 2.32. The van der Waals surface area contributed by atoms with E-state index in [0.717, 1.165) is 11.1 Å². The Balaban J connectivity index is 2.22. The van der Waals surface area contributed by atoms with E-state index in [1.165, 1.54) is 12.1 Å². The molecule has 2 N–H and O–H groups in total. The number of hydrogen-bond acceptors (Lipinski definition) is 2. The lowest BCUT2D eigenvalue weighted by atomic mass is 10.1. The minimum absolute atomic E-state index is 0.254. The van der Waals surface area contributed by atoms with Crippen molar-refractivity contribution in [3.05, 3.63) is 56.8 Å². The van der Waals surface area contributed by atoms with Gasteiger partial charge in [-0.2, -0.15) is 0 Å². The molecule has 0 heterocycles. The van der Waals surface area contributed by atoms with E-state index in [1.807, 2.05) is 25.1 Å². The van der Waals surface area contributed by atoms with Crippen molar-refractivity contribution < 1.29 is 9.50 Å². The van der Waals surface area contributed by atoms with Crippen LogP contribution in [0.5, 0.6) is 5.75 Å². The predicted octanol–water partition coefficient (Wildman–Crippen LogP) is 4.87. The van der Waals surface area contributed by atoms with Crippen LogP contribution in [-0.2, 0) is 6.54 Å². The van der Waals surface area contributed by atoms with E-state index in [0.29, 0.717) is 21.7 Å². The number of aryl methyl sites for hydroxylation is 1. The molecule has 2 aromatic rings. The number of rotatable bonds is 3. The molecule has 2 rings (SSSR count). The summed E-state index contributed by atoms with van der Waals surface area (Å²) in [4.78, 5) is 0. The zero-order valence-electron chi connectivity index (χ0n) is 10.2. The van der Waals surface area contributed by atoms with Gasteiger partial charge in [0.05, 0.1) is 10.7 Å². The zero-order chi connectivity index (χ0) is 14.0. The second-order valence-corrected chi connectivity index (χ2v) is 5.44. The second-order valence-electron chi connectivity index (χ2n) is 4.18. The molecule has 0 atom stereocenters. The third-order valence-corrected chi connectivity index (χ3v) is 3.71. The first-order chi connectivity index (χ1) is 8.99. The van der Waals surface area contributed by atoms with Gasteiger partial charge in [-0.25, -0.2) is 4.39 Å². The number of para-hydroxylation sites is 1. The summed E-state index contributed by atoms with van der Waals surface area (Å²) >= 11 is 9.23. The minimum atomic E-state index is -0.402. The number of anilines is 1. The lowest BCUT2D eigenvalue weighted by Gasteiger charge is -2.12. The molecule has 2 nitrogen and oxygen atoms in total.